The van der Waals surface area contributed by atoms with Crippen molar-refractivity contribution in [1.29, 1.82) is 0 Å². The summed E-state index contributed by atoms with van der Waals surface area (Å²) >= 11 is 0. The van der Waals surface area contributed by atoms with Crippen LogP contribution in [0.2, 0.25) is 0 Å². The Bertz CT molecular complexity index is 748. The number of benzene rings is 2. The monoisotopic (exact) mass is 461 g/mol. The summed E-state index contributed by atoms with van der Waals surface area (Å²) in [7, 11) is 0. The average molecular weight is 462 g/mol. The van der Waals surface area contributed by atoms with Crippen LogP contribution in [0.3, 0.4) is 0 Å². The van der Waals surface area contributed by atoms with E-state index in [1.54, 1.807) is 0 Å². The SMILES string of the molecule is O=C(O)Nc1ccc([N+](=O)[O-])cc1.O=C([O-])Nc1ccc([N+](=O)[O-])cc1.[Cl-].[Cu]. The van der Waals surface area contributed by atoms with Crippen molar-refractivity contribution in [2.24, 2.45) is 0 Å². The summed E-state index contributed by atoms with van der Waals surface area (Å²) in [5.41, 5.74) is 0.378. The van der Waals surface area contributed by atoms with Gasteiger partial charge in [0.25, 0.3) is 11.4 Å². The van der Waals surface area contributed by atoms with E-state index in [1.807, 2.05) is 5.32 Å². The van der Waals surface area contributed by atoms with Crippen molar-refractivity contribution >= 4 is 34.9 Å². The van der Waals surface area contributed by atoms with Crippen LogP contribution in [0.25, 0.3) is 0 Å². The van der Waals surface area contributed by atoms with Crippen molar-refractivity contribution in [2.75, 3.05) is 10.6 Å². The zero-order valence-electron chi connectivity index (χ0n) is 13.5. The second kappa shape index (κ2) is 12.9. The van der Waals surface area contributed by atoms with E-state index in [4.69, 9.17) is 5.11 Å². The van der Waals surface area contributed by atoms with Crippen LogP contribution in [0.4, 0.5) is 32.3 Å². The van der Waals surface area contributed by atoms with E-state index in [9.17, 15) is 34.9 Å². The molecule has 0 aromatic heterocycles. The molecule has 0 aliphatic rings. The maximum Gasteiger partial charge on any atom is 0.409 e. The molecule has 2 aromatic carbocycles. The van der Waals surface area contributed by atoms with Gasteiger partial charge < -0.3 is 32.7 Å². The minimum Gasteiger partial charge on any atom is -1.00 e. The first-order chi connectivity index (χ1) is 12.2. The van der Waals surface area contributed by atoms with Crippen molar-refractivity contribution < 1.29 is 59.1 Å². The fraction of sp³-hybridized carbons (Fsp3) is 0. The molecule has 2 amide bonds. The number of amides is 2. The molecule has 0 aliphatic heterocycles. The molecule has 28 heavy (non-hydrogen) atoms. The van der Waals surface area contributed by atoms with E-state index in [0.29, 0.717) is 5.69 Å². The summed E-state index contributed by atoms with van der Waals surface area (Å²) < 4.78 is 0. The summed E-state index contributed by atoms with van der Waals surface area (Å²) in [5.74, 6) is 0. The second-order valence-corrected chi connectivity index (χ2v) is 4.45. The summed E-state index contributed by atoms with van der Waals surface area (Å²) in [6, 6.07) is 10.1. The minimum absolute atomic E-state index is 0. The van der Waals surface area contributed by atoms with E-state index in [2.05, 4.69) is 5.32 Å². The van der Waals surface area contributed by atoms with E-state index in [-0.39, 0.29) is 46.5 Å². The Labute approximate surface area is 173 Å². The molecule has 12 nitrogen and oxygen atoms in total. The molecule has 2 aromatic rings. The quantitative estimate of drug-likeness (QED) is 0.294. The van der Waals surface area contributed by atoms with Crippen LogP contribution in [0.1, 0.15) is 0 Å². The number of rotatable bonds is 4. The molecule has 0 heterocycles. The van der Waals surface area contributed by atoms with Crippen LogP contribution in [0.15, 0.2) is 48.5 Å². The van der Waals surface area contributed by atoms with E-state index >= 15 is 0 Å². The third-order valence-corrected chi connectivity index (χ3v) is 2.65. The molecule has 0 fully saturated rings. The van der Waals surface area contributed by atoms with Crippen LogP contribution in [0.5, 0.6) is 0 Å². The first kappa shape index (κ1) is 26.8. The Hall–Kier alpha value is -3.41. The summed E-state index contributed by atoms with van der Waals surface area (Å²) in [4.78, 5) is 39.5. The Balaban J connectivity index is 0. The van der Waals surface area contributed by atoms with Gasteiger partial charge in [0.15, 0.2) is 0 Å². The van der Waals surface area contributed by atoms with Gasteiger partial charge in [0.05, 0.1) is 9.85 Å². The molecule has 0 atom stereocenters. The number of anilines is 2. The number of hydrogen-bond acceptors (Lipinski definition) is 7. The maximum atomic E-state index is 10.2. The van der Waals surface area contributed by atoms with Gasteiger partial charge in [-0.2, -0.15) is 0 Å². The Morgan fingerprint density at radius 1 is 0.786 bits per heavy atom. The van der Waals surface area contributed by atoms with E-state index < -0.39 is 22.0 Å². The molecule has 1 radical (unpaired) electrons. The fourth-order valence-electron chi connectivity index (χ4n) is 1.57. The number of hydrogen-bond donors (Lipinski definition) is 3. The Kier molecular flexibility index (Phi) is 12.3. The molecule has 0 bridgehead atoms. The van der Waals surface area contributed by atoms with Gasteiger partial charge >= 0.3 is 6.09 Å². The topological polar surface area (TPSA) is 188 Å². The smallest absolute Gasteiger partial charge is 0.409 e. The van der Waals surface area contributed by atoms with Gasteiger partial charge in [-0.3, -0.25) is 25.5 Å². The molecule has 2 rings (SSSR count). The molecule has 3 N–H and O–H groups in total. The fourth-order valence-corrected chi connectivity index (χ4v) is 1.57. The predicted molar refractivity (Wildman–Crippen MR) is 86.9 cm³/mol. The van der Waals surface area contributed by atoms with Gasteiger partial charge in [0.2, 0.25) is 0 Å². The molecule has 14 heteroatoms. The number of nitrogens with one attached hydrogen (secondary N) is 2. The Morgan fingerprint density at radius 3 is 1.36 bits per heavy atom. The molecular weight excluding hydrogens is 451 g/mol. The number of carbonyl (C=O) groups is 2. The van der Waals surface area contributed by atoms with Crippen molar-refractivity contribution in [2.45, 2.75) is 0 Å². The molecule has 0 unspecified atom stereocenters. The molecule has 155 valence electrons. The third-order valence-electron chi connectivity index (χ3n) is 2.65. The number of carbonyl (C=O) groups excluding carboxylic acids is 1. The number of nitro groups is 2. The van der Waals surface area contributed by atoms with E-state index in [0.717, 1.165) is 0 Å². The molecule has 0 saturated carbocycles. The van der Waals surface area contributed by atoms with Crippen molar-refractivity contribution in [1.82, 2.24) is 0 Å². The Morgan fingerprint density at radius 2 is 1.11 bits per heavy atom. The predicted octanol–water partition coefficient (Wildman–Crippen LogP) is -0.964. The van der Waals surface area contributed by atoms with Crippen LogP contribution in [-0.4, -0.2) is 27.1 Å². The van der Waals surface area contributed by atoms with Crippen LogP contribution in [0, 0.1) is 20.2 Å². The maximum absolute atomic E-state index is 10.2. The van der Waals surface area contributed by atoms with Gasteiger partial charge in [0.1, 0.15) is 6.09 Å². The number of carboxylic acid groups (broad SMARTS) is 2. The van der Waals surface area contributed by atoms with E-state index in [1.165, 1.54) is 48.5 Å². The summed E-state index contributed by atoms with van der Waals surface area (Å²) in [5, 5.41) is 42.7. The molecular formula is C14H11ClCuN4O8-2. The average Bonchev–Trinajstić information content (AvgIpc) is 2.55. The van der Waals surface area contributed by atoms with Gasteiger partial charge in [-0.1, -0.05) is 0 Å². The second-order valence-electron chi connectivity index (χ2n) is 4.45. The normalized spacial score (nSPS) is 8.57. The first-order valence-electron chi connectivity index (χ1n) is 6.66. The van der Waals surface area contributed by atoms with Crippen LogP contribution in [-0.2, 0) is 17.1 Å². The zero-order chi connectivity index (χ0) is 19.7. The van der Waals surface area contributed by atoms with Gasteiger partial charge in [-0.15, -0.1) is 0 Å². The zero-order valence-corrected chi connectivity index (χ0v) is 15.2. The van der Waals surface area contributed by atoms with Crippen LogP contribution < -0.4 is 28.1 Å². The standard InChI is InChI=1S/2C7H6N2O4.ClH.Cu/c2*10-7(11)8-5-1-3-6(4-2-5)9(12)13;;/h2*1-4,8H,(H,10,11);1H;/p-2. The van der Waals surface area contributed by atoms with Gasteiger partial charge in [0, 0.05) is 52.7 Å². The number of nitro benzene ring substituents is 2. The number of nitrogens with zero attached hydrogens (tertiary/aromatic N) is 2. The molecule has 0 saturated heterocycles. The summed E-state index contributed by atoms with van der Waals surface area (Å²) in [6.45, 7) is 0. The first-order valence-corrected chi connectivity index (χ1v) is 6.66. The number of halogens is 1. The van der Waals surface area contributed by atoms with Crippen molar-refractivity contribution in [3.05, 3.63) is 68.8 Å². The number of non-ortho nitro benzene ring substituents is 2. The van der Waals surface area contributed by atoms with Crippen molar-refractivity contribution in [3.8, 4) is 0 Å². The van der Waals surface area contributed by atoms with Crippen molar-refractivity contribution in [3.63, 3.8) is 0 Å². The largest absolute Gasteiger partial charge is 1.00 e. The van der Waals surface area contributed by atoms with Crippen LogP contribution >= 0.6 is 0 Å². The van der Waals surface area contributed by atoms with Gasteiger partial charge in [-0.05, 0) is 24.3 Å². The summed E-state index contributed by atoms with van der Waals surface area (Å²) in [6.07, 6.45) is -2.65. The molecule has 0 spiro atoms. The third kappa shape index (κ3) is 9.91. The van der Waals surface area contributed by atoms with Gasteiger partial charge in [-0.25, -0.2) is 4.79 Å². The molecule has 0 aliphatic carbocycles. The minimum atomic E-state index is -1.45.